The molecule has 0 radical (unpaired) electrons. The largest absolute Gasteiger partial charge is 0.300 e. The van der Waals surface area contributed by atoms with Gasteiger partial charge in [-0.05, 0) is 49.8 Å². The van der Waals surface area contributed by atoms with Crippen molar-refractivity contribution in [2.75, 3.05) is 0 Å². The molecule has 0 aliphatic heterocycles. The standard InChI is InChI=1S/C26H25N3O/c1-18(30)19-11-13-23(14-12-19)29-25-15-16-27-17-24(25)26(28-29)22-9-7-21(8-10-22)20-5-3-2-4-6-20/h2-10,15-17,19,23H,11-14H2,1H3. The SMILES string of the molecule is CC(=O)C1CCC(n2nc(-c3ccc(-c4ccccc4)cc3)c3cnccc32)CC1. The number of rotatable bonds is 4. The summed E-state index contributed by atoms with van der Waals surface area (Å²) in [5.74, 6) is 0.539. The Bertz CT molecular complexity index is 1170. The maximum atomic E-state index is 11.7. The molecular weight excluding hydrogens is 370 g/mol. The lowest BCUT2D eigenvalue weighted by atomic mass is 9.84. The monoisotopic (exact) mass is 395 g/mol. The first kappa shape index (κ1) is 18.7. The first-order chi connectivity index (χ1) is 14.7. The molecule has 0 N–H and O–H groups in total. The van der Waals surface area contributed by atoms with Gasteiger partial charge in [0.2, 0.25) is 0 Å². The molecule has 2 aromatic carbocycles. The minimum absolute atomic E-state index is 0.217. The van der Waals surface area contributed by atoms with Crippen molar-refractivity contribution in [3.63, 3.8) is 0 Å². The van der Waals surface area contributed by atoms with Crippen LogP contribution in [0.4, 0.5) is 0 Å². The lowest BCUT2D eigenvalue weighted by Gasteiger charge is -2.27. The highest BCUT2D eigenvalue weighted by Crippen LogP contribution is 2.37. The van der Waals surface area contributed by atoms with E-state index in [0.29, 0.717) is 11.8 Å². The topological polar surface area (TPSA) is 47.8 Å². The van der Waals surface area contributed by atoms with Crippen LogP contribution in [0.1, 0.15) is 38.6 Å². The van der Waals surface area contributed by atoms with Crippen LogP contribution in [0.25, 0.3) is 33.3 Å². The molecule has 0 amide bonds. The third-order valence-corrected chi connectivity index (χ3v) is 6.39. The predicted molar refractivity (Wildman–Crippen MR) is 120 cm³/mol. The fourth-order valence-electron chi connectivity index (χ4n) is 4.65. The third-order valence-electron chi connectivity index (χ3n) is 6.39. The van der Waals surface area contributed by atoms with Gasteiger partial charge in [-0.25, -0.2) is 0 Å². The Morgan fingerprint density at radius 2 is 1.53 bits per heavy atom. The number of fused-ring (bicyclic) bond motifs is 1. The summed E-state index contributed by atoms with van der Waals surface area (Å²) in [5.41, 5.74) is 5.61. The summed E-state index contributed by atoms with van der Waals surface area (Å²) in [7, 11) is 0. The van der Waals surface area contributed by atoms with Crippen LogP contribution in [0.15, 0.2) is 73.1 Å². The van der Waals surface area contributed by atoms with Crippen molar-refractivity contribution in [2.45, 2.75) is 38.6 Å². The Hall–Kier alpha value is -3.27. The second-order valence-corrected chi connectivity index (χ2v) is 8.25. The predicted octanol–water partition coefficient (Wildman–Crippen LogP) is 6.09. The zero-order valence-electron chi connectivity index (χ0n) is 17.2. The summed E-state index contributed by atoms with van der Waals surface area (Å²) in [5, 5.41) is 6.13. The van der Waals surface area contributed by atoms with Gasteiger partial charge in [-0.1, -0.05) is 54.6 Å². The van der Waals surface area contributed by atoms with Crippen molar-refractivity contribution in [1.29, 1.82) is 0 Å². The Morgan fingerprint density at radius 3 is 2.23 bits per heavy atom. The number of benzene rings is 2. The summed E-state index contributed by atoms with van der Waals surface area (Å²) >= 11 is 0. The number of hydrogen-bond donors (Lipinski definition) is 0. The second kappa shape index (κ2) is 7.86. The molecule has 0 spiro atoms. The number of hydrogen-bond acceptors (Lipinski definition) is 3. The van der Waals surface area contributed by atoms with Gasteiger partial charge in [-0.15, -0.1) is 0 Å². The van der Waals surface area contributed by atoms with Gasteiger partial charge in [0, 0.05) is 29.3 Å². The van der Waals surface area contributed by atoms with E-state index in [0.717, 1.165) is 47.8 Å². The molecule has 2 heterocycles. The van der Waals surface area contributed by atoms with Crippen molar-refractivity contribution in [3.05, 3.63) is 73.1 Å². The first-order valence-electron chi connectivity index (χ1n) is 10.7. The average Bonchev–Trinajstić information content (AvgIpc) is 3.20. The smallest absolute Gasteiger partial charge is 0.132 e. The Balaban J connectivity index is 1.49. The first-order valence-corrected chi connectivity index (χ1v) is 10.7. The van der Waals surface area contributed by atoms with Crippen molar-refractivity contribution in [3.8, 4) is 22.4 Å². The van der Waals surface area contributed by atoms with Crippen molar-refractivity contribution < 1.29 is 4.79 Å². The quantitative estimate of drug-likeness (QED) is 0.420. The number of ketones is 1. The fraction of sp³-hybridized carbons (Fsp3) is 0.269. The zero-order valence-corrected chi connectivity index (χ0v) is 17.2. The molecule has 1 fully saturated rings. The normalized spacial score (nSPS) is 19.1. The van der Waals surface area contributed by atoms with Crippen molar-refractivity contribution >= 4 is 16.7 Å². The van der Waals surface area contributed by atoms with E-state index in [4.69, 9.17) is 5.10 Å². The van der Waals surface area contributed by atoms with Gasteiger partial charge in [0.15, 0.2) is 0 Å². The fourth-order valence-corrected chi connectivity index (χ4v) is 4.65. The van der Waals surface area contributed by atoms with Gasteiger partial charge in [-0.2, -0.15) is 5.10 Å². The number of Topliss-reactive ketones (excluding diaryl/α,β-unsaturated/α-hetero) is 1. The van der Waals surface area contributed by atoms with E-state index in [1.54, 1.807) is 6.92 Å². The number of carbonyl (C=O) groups is 1. The van der Waals surface area contributed by atoms with Crippen LogP contribution in [-0.2, 0) is 4.79 Å². The molecule has 4 heteroatoms. The molecule has 0 saturated heterocycles. The van der Waals surface area contributed by atoms with Gasteiger partial charge in [0.1, 0.15) is 11.5 Å². The van der Waals surface area contributed by atoms with Crippen molar-refractivity contribution in [1.82, 2.24) is 14.8 Å². The summed E-state index contributed by atoms with van der Waals surface area (Å²) in [6.45, 7) is 1.72. The number of carbonyl (C=O) groups excluding carboxylic acids is 1. The molecule has 0 atom stereocenters. The molecule has 1 aliphatic carbocycles. The lowest BCUT2D eigenvalue weighted by Crippen LogP contribution is -2.22. The minimum atomic E-state index is 0.217. The van der Waals surface area contributed by atoms with E-state index >= 15 is 0 Å². The molecule has 30 heavy (non-hydrogen) atoms. The van der Waals surface area contributed by atoms with E-state index in [2.05, 4.69) is 64.3 Å². The molecule has 0 bridgehead atoms. The minimum Gasteiger partial charge on any atom is -0.300 e. The molecular formula is C26H25N3O. The van der Waals surface area contributed by atoms with E-state index in [1.807, 2.05) is 18.5 Å². The van der Waals surface area contributed by atoms with Gasteiger partial charge in [0.25, 0.3) is 0 Å². The third kappa shape index (κ3) is 3.43. The summed E-state index contributed by atoms with van der Waals surface area (Å²) in [6, 6.07) is 21.4. The van der Waals surface area contributed by atoms with Gasteiger partial charge >= 0.3 is 0 Å². The molecule has 5 rings (SSSR count). The number of nitrogens with zero attached hydrogens (tertiary/aromatic N) is 3. The maximum absolute atomic E-state index is 11.7. The number of aromatic nitrogens is 3. The molecule has 2 aromatic heterocycles. The van der Waals surface area contributed by atoms with E-state index < -0.39 is 0 Å². The highest BCUT2D eigenvalue weighted by Gasteiger charge is 2.27. The van der Waals surface area contributed by atoms with Crippen LogP contribution >= 0.6 is 0 Å². The van der Waals surface area contributed by atoms with E-state index in [9.17, 15) is 4.79 Å². The summed E-state index contributed by atoms with van der Waals surface area (Å²) in [4.78, 5) is 16.1. The molecule has 150 valence electrons. The number of pyridine rings is 1. The Morgan fingerprint density at radius 1 is 0.867 bits per heavy atom. The van der Waals surface area contributed by atoms with Gasteiger partial charge < -0.3 is 0 Å². The maximum Gasteiger partial charge on any atom is 0.132 e. The molecule has 1 saturated carbocycles. The van der Waals surface area contributed by atoms with E-state index in [-0.39, 0.29) is 5.92 Å². The average molecular weight is 396 g/mol. The van der Waals surface area contributed by atoms with Crippen LogP contribution < -0.4 is 0 Å². The van der Waals surface area contributed by atoms with Crippen molar-refractivity contribution in [2.24, 2.45) is 5.92 Å². The van der Waals surface area contributed by atoms with Crippen LogP contribution in [0.3, 0.4) is 0 Å². The Kier molecular flexibility index (Phi) is 4.91. The van der Waals surface area contributed by atoms with Crippen LogP contribution in [0.2, 0.25) is 0 Å². The molecule has 0 unspecified atom stereocenters. The van der Waals surface area contributed by atoms with Crippen LogP contribution in [0.5, 0.6) is 0 Å². The molecule has 4 aromatic rings. The lowest BCUT2D eigenvalue weighted by molar-refractivity contribution is -0.121. The van der Waals surface area contributed by atoms with E-state index in [1.165, 1.54) is 11.1 Å². The summed E-state index contributed by atoms with van der Waals surface area (Å²) in [6.07, 6.45) is 7.65. The zero-order chi connectivity index (χ0) is 20.5. The summed E-state index contributed by atoms with van der Waals surface area (Å²) < 4.78 is 2.17. The molecule has 4 nitrogen and oxygen atoms in total. The van der Waals surface area contributed by atoms with Crippen LogP contribution in [-0.4, -0.2) is 20.5 Å². The highest BCUT2D eigenvalue weighted by atomic mass is 16.1. The second-order valence-electron chi connectivity index (χ2n) is 8.25. The highest BCUT2D eigenvalue weighted by molar-refractivity contribution is 5.93. The van der Waals surface area contributed by atoms with Gasteiger partial charge in [-0.3, -0.25) is 14.5 Å². The Labute approximate surface area is 176 Å². The van der Waals surface area contributed by atoms with Gasteiger partial charge in [0.05, 0.1) is 11.6 Å². The van der Waals surface area contributed by atoms with Crippen LogP contribution in [0, 0.1) is 5.92 Å². The molecule has 1 aliphatic rings.